The lowest BCUT2D eigenvalue weighted by Crippen LogP contribution is -2.46. The first kappa shape index (κ1) is 19.6. The lowest BCUT2D eigenvalue weighted by Gasteiger charge is -2.25. The molecule has 0 aliphatic carbocycles. The summed E-state index contributed by atoms with van der Waals surface area (Å²) in [4.78, 5) is 34.0. The van der Waals surface area contributed by atoms with E-state index in [1.165, 1.54) is 6.92 Å². The van der Waals surface area contributed by atoms with E-state index in [4.69, 9.17) is 21.7 Å². The Labute approximate surface area is 151 Å². The Balaban J connectivity index is 2.06. The predicted octanol–water partition coefficient (Wildman–Crippen LogP) is -0.614. The molecular formula is C15H26N8O3. The van der Waals surface area contributed by atoms with Gasteiger partial charge in [-0.1, -0.05) is 5.16 Å². The second-order valence-electron chi connectivity index (χ2n) is 6.17. The summed E-state index contributed by atoms with van der Waals surface area (Å²) in [6.45, 7) is 2.58. The van der Waals surface area contributed by atoms with Crippen molar-refractivity contribution >= 4 is 17.8 Å². The Bertz CT molecular complexity index is 655. The molecule has 0 spiro atoms. The van der Waals surface area contributed by atoms with Crippen LogP contribution in [0.5, 0.6) is 0 Å². The fraction of sp³-hybridized carbons (Fsp3) is 0.667. The zero-order chi connectivity index (χ0) is 19.1. The van der Waals surface area contributed by atoms with E-state index in [1.807, 2.05) is 0 Å². The largest absolute Gasteiger partial charge is 0.370 e. The maximum Gasteiger partial charge on any atom is 0.318 e. The van der Waals surface area contributed by atoms with Crippen molar-refractivity contribution in [2.75, 3.05) is 13.1 Å². The van der Waals surface area contributed by atoms with Crippen LogP contribution in [-0.2, 0) is 11.3 Å². The third kappa shape index (κ3) is 5.15. The van der Waals surface area contributed by atoms with Gasteiger partial charge >= 0.3 is 6.03 Å². The average Bonchev–Trinajstić information content (AvgIpc) is 3.26. The van der Waals surface area contributed by atoms with Crippen LogP contribution in [0.15, 0.2) is 9.52 Å². The summed E-state index contributed by atoms with van der Waals surface area (Å²) in [6, 6.07) is -1.24. The number of aliphatic imine (C=N–C) groups is 1. The van der Waals surface area contributed by atoms with E-state index in [9.17, 15) is 9.59 Å². The Morgan fingerprint density at radius 2 is 2.23 bits per heavy atom. The minimum atomic E-state index is -0.516. The minimum absolute atomic E-state index is 0.00941. The van der Waals surface area contributed by atoms with Crippen molar-refractivity contribution in [1.82, 2.24) is 20.4 Å². The van der Waals surface area contributed by atoms with Gasteiger partial charge in [-0.25, -0.2) is 4.79 Å². The fourth-order valence-corrected chi connectivity index (χ4v) is 2.92. The van der Waals surface area contributed by atoms with Crippen LogP contribution in [0.1, 0.15) is 50.4 Å². The van der Waals surface area contributed by atoms with E-state index in [1.54, 1.807) is 4.90 Å². The predicted molar refractivity (Wildman–Crippen MR) is 93.8 cm³/mol. The van der Waals surface area contributed by atoms with Crippen molar-refractivity contribution < 1.29 is 14.1 Å². The van der Waals surface area contributed by atoms with Crippen molar-refractivity contribution in [2.24, 2.45) is 22.2 Å². The molecule has 1 aliphatic heterocycles. The Kier molecular flexibility index (Phi) is 6.89. The number of likely N-dealkylation sites (tertiary alicyclic amines) is 1. The van der Waals surface area contributed by atoms with Crippen molar-refractivity contribution in [3.05, 3.63) is 11.7 Å². The molecule has 1 aromatic rings. The van der Waals surface area contributed by atoms with Crippen LogP contribution in [0.2, 0.25) is 0 Å². The van der Waals surface area contributed by atoms with Gasteiger partial charge in [-0.3, -0.25) is 9.79 Å². The molecule has 11 heteroatoms. The molecule has 26 heavy (non-hydrogen) atoms. The van der Waals surface area contributed by atoms with E-state index in [2.05, 4.69) is 20.4 Å². The maximum absolute atomic E-state index is 12.6. The van der Waals surface area contributed by atoms with Crippen molar-refractivity contribution in [1.29, 1.82) is 0 Å². The maximum atomic E-state index is 12.6. The molecule has 2 atom stereocenters. The lowest BCUT2D eigenvalue weighted by atomic mass is 10.1. The Morgan fingerprint density at radius 1 is 1.46 bits per heavy atom. The summed E-state index contributed by atoms with van der Waals surface area (Å²) in [7, 11) is 0. The van der Waals surface area contributed by atoms with E-state index in [0.717, 1.165) is 6.42 Å². The summed E-state index contributed by atoms with van der Waals surface area (Å²) in [5, 5.41) is 6.63. The first-order chi connectivity index (χ1) is 12.4. The number of carbonyl (C=O) groups is 2. The highest BCUT2D eigenvalue weighted by molar-refractivity contribution is 5.87. The van der Waals surface area contributed by atoms with Gasteiger partial charge in [0.05, 0.1) is 12.6 Å². The summed E-state index contributed by atoms with van der Waals surface area (Å²) in [5.74, 6) is 0.605. The summed E-state index contributed by atoms with van der Waals surface area (Å²) >= 11 is 0. The topological polar surface area (TPSA) is 179 Å². The molecule has 2 heterocycles. The van der Waals surface area contributed by atoms with Gasteiger partial charge in [0.15, 0.2) is 17.6 Å². The minimum Gasteiger partial charge on any atom is -0.370 e. The molecule has 2 amide bonds. The molecular weight excluding hydrogens is 340 g/mol. The van der Waals surface area contributed by atoms with E-state index < -0.39 is 6.04 Å². The van der Waals surface area contributed by atoms with Crippen LogP contribution in [0.25, 0.3) is 0 Å². The number of ketones is 1. The van der Waals surface area contributed by atoms with Gasteiger partial charge < -0.3 is 31.9 Å². The van der Waals surface area contributed by atoms with Crippen LogP contribution in [0.4, 0.5) is 4.79 Å². The Hall–Kier alpha value is -2.69. The molecule has 0 aromatic carbocycles. The Morgan fingerprint density at radius 3 is 2.85 bits per heavy atom. The smallest absolute Gasteiger partial charge is 0.318 e. The third-order valence-corrected chi connectivity index (χ3v) is 4.19. The third-order valence-electron chi connectivity index (χ3n) is 4.19. The summed E-state index contributed by atoms with van der Waals surface area (Å²) in [5.41, 5.74) is 16.1. The van der Waals surface area contributed by atoms with Crippen LogP contribution in [-0.4, -0.2) is 51.9 Å². The molecule has 1 saturated heterocycles. The standard InChI is InChI=1S/C15H26N8O3/c1-9(24)11-5-3-7-23(11)15(25)20-10(4-2-6-19-14(17)18)13-21-12(8-16)22-26-13/h10-11H,2-8,16H2,1H3,(H,20,25)(H4,17,18,19)/t10-,11?/m0/s1. The molecule has 1 aromatic heterocycles. The number of aromatic nitrogens is 2. The summed E-state index contributed by atoms with van der Waals surface area (Å²) < 4.78 is 5.21. The normalized spacial score (nSPS) is 17.8. The van der Waals surface area contributed by atoms with Crippen molar-refractivity contribution in [3.63, 3.8) is 0 Å². The highest BCUT2D eigenvalue weighted by atomic mass is 16.5. The van der Waals surface area contributed by atoms with Crippen LogP contribution < -0.4 is 22.5 Å². The van der Waals surface area contributed by atoms with Gasteiger partial charge in [-0.2, -0.15) is 4.98 Å². The van der Waals surface area contributed by atoms with E-state index >= 15 is 0 Å². The van der Waals surface area contributed by atoms with E-state index in [0.29, 0.717) is 38.2 Å². The number of hydrogen-bond donors (Lipinski definition) is 4. The molecule has 11 nitrogen and oxygen atoms in total. The lowest BCUT2D eigenvalue weighted by molar-refractivity contribution is -0.120. The average molecular weight is 366 g/mol. The molecule has 1 fully saturated rings. The van der Waals surface area contributed by atoms with Crippen LogP contribution >= 0.6 is 0 Å². The number of guanidine groups is 1. The second kappa shape index (κ2) is 9.13. The molecule has 1 aliphatic rings. The van der Waals surface area contributed by atoms with Crippen LogP contribution in [0.3, 0.4) is 0 Å². The van der Waals surface area contributed by atoms with Crippen molar-refractivity contribution in [2.45, 2.75) is 51.2 Å². The fourth-order valence-electron chi connectivity index (χ4n) is 2.92. The van der Waals surface area contributed by atoms with Gasteiger partial charge in [0.1, 0.15) is 6.04 Å². The zero-order valence-electron chi connectivity index (χ0n) is 14.9. The van der Waals surface area contributed by atoms with E-state index in [-0.39, 0.29) is 36.3 Å². The number of nitrogens with zero attached hydrogens (tertiary/aromatic N) is 4. The first-order valence-corrected chi connectivity index (χ1v) is 8.58. The zero-order valence-corrected chi connectivity index (χ0v) is 14.9. The highest BCUT2D eigenvalue weighted by Crippen LogP contribution is 2.21. The molecule has 144 valence electrons. The van der Waals surface area contributed by atoms with Gasteiger partial charge in [-0.05, 0) is 32.6 Å². The number of Topliss-reactive ketones (excluding diaryl/α,β-unsaturated/α-hetero) is 1. The van der Waals surface area contributed by atoms with Gasteiger partial charge in [0.25, 0.3) is 0 Å². The first-order valence-electron chi connectivity index (χ1n) is 8.58. The number of carbonyl (C=O) groups excluding carboxylic acids is 2. The number of amides is 2. The highest BCUT2D eigenvalue weighted by Gasteiger charge is 2.33. The SMILES string of the molecule is CC(=O)C1CCCN1C(=O)N[C@@H](CCCN=C(N)N)c1nc(CN)no1. The van der Waals surface area contributed by atoms with Crippen molar-refractivity contribution in [3.8, 4) is 0 Å². The summed E-state index contributed by atoms with van der Waals surface area (Å²) in [6.07, 6.45) is 2.56. The second-order valence-corrected chi connectivity index (χ2v) is 6.17. The number of hydrogen-bond acceptors (Lipinski definition) is 7. The van der Waals surface area contributed by atoms with Gasteiger partial charge in [0, 0.05) is 13.1 Å². The molecule has 1 unspecified atom stereocenters. The number of rotatable bonds is 8. The molecule has 2 rings (SSSR count). The molecule has 7 N–H and O–H groups in total. The number of nitrogens with two attached hydrogens (primary N) is 3. The van der Waals surface area contributed by atoms with Gasteiger partial charge in [0.2, 0.25) is 5.89 Å². The number of urea groups is 1. The quantitative estimate of drug-likeness (QED) is 0.267. The molecule has 0 radical (unpaired) electrons. The van der Waals surface area contributed by atoms with Gasteiger partial charge in [-0.15, -0.1) is 0 Å². The number of nitrogens with one attached hydrogen (secondary N) is 1. The molecule has 0 bridgehead atoms. The monoisotopic (exact) mass is 366 g/mol. The molecule has 0 saturated carbocycles. The van der Waals surface area contributed by atoms with Crippen LogP contribution in [0, 0.1) is 0 Å².